The van der Waals surface area contributed by atoms with Crippen LogP contribution in [0, 0.1) is 6.92 Å². The number of halogens is 3. The van der Waals surface area contributed by atoms with E-state index in [2.05, 4.69) is 0 Å². The van der Waals surface area contributed by atoms with Crippen LogP contribution in [0.4, 0.5) is 13.2 Å². The van der Waals surface area contributed by atoms with Crippen LogP contribution in [0.3, 0.4) is 0 Å². The van der Waals surface area contributed by atoms with Crippen molar-refractivity contribution < 1.29 is 32.9 Å². The molecule has 0 amide bonds. The van der Waals surface area contributed by atoms with E-state index in [-0.39, 0.29) is 5.75 Å². The average Bonchev–Trinajstić information content (AvgIpc) is 3.09. The molecule has 0 aliphatic heterocycles. The molecule has 1 heterocycles. The predicted octanol–water partition coefficient (Wildman–Crippen LogP) is 7.49. The number of hydrogen-bond acceptors (Lipinski definition) is 4. The fourth-order valence-electron chi connectivity index (χ4n) is 3.37. The number of rotatable bonds is 5. The molecular formula is C25H17F3O4S. The molecule has 4 aromatic rings. The van der Waals surface area contributed by atoms with Gasteiger partial charge in [-0.3, -0.25) is 0 Å². The molecule has 0 spiro atoms. The lowest BCUT2D eigenvalue weighted by Gasteiger charge is -2.12. The number of benzene rings is 3. The molecule has 0 saturated heterocycles. The van der Waals surface area contributed by atoms with Gasteiger partial charge in [-0.15, -0.1) is 11.3 Å². The number of hydrogen-bond donors (Lipinski definition) is 2. The quantitative estimate of drug-likeness (QED) is 0.297. The average molecular weight is 470 g/mol. The Morgan fingerprint density at radius 2 is 1.76 bits per heavy atom. The minimum Gasteiger partial charge on any atom is -0.508 e. The van der Waals surface area contributed by atoms with Gasteiger partial charge in [0.1, 0.15) is 11.5 Å². The van der Waals surface area contributed by atoms with Gasteiger partial charge in [-0.1, -0.05) is 18.2 Å². The molecule has 4 nitrogen and oxygen atoms in total. The first-order chi connectivity index (χ1) is 15.6. The maximum Gasteiger partial charge on any atom is 0.416 e. The van der Waals surface area contributed by atoms with Crippen molar-refractivity contribution in [3.8, 4) is 27.7 Å². The summed E-state index contributed by atoms with van der Waals surface area (Å²) in [4.78, 5) is 11.3. The predicted molar refractivity (Wildman–Crippen MR) is 122 cm³/mol. The van der Waals surface area contributed by atoms with Crippen LogP contribution in [-0.2, 0) is 11.0 Å². The molecule has 0 radical (unpaired) electrons. The zero-order valence-electron chi connectivity index (χ0n) is 17.2. The maximum absolute atomic E-state index is 13.1. The van der Waals surface area contributed by atoms with Crippen molar-refractivity contribution in [3.05, 3.63) is 83.4 Å². The highest BCUT2D eigenvalue weighted by Crippen LogP contribution is 2.48. The Hall–Kier alpha value is -3.78. The van der Waals surface area contributed by atoms with Gasteiger partial charge in [0.25, 0.3) is 0 Å². The van der Waals surface area contributed by atoms with Crippen molar-refractivity contribution in [1.82, 2.24) is 0 Å². The first kappa shape index (κ1) is 22.4. The molecule has 3 aromatic carbocycles. The van der Waals surface area contributed by atoms with Crippen LogP contribution in [0.15, 0.2) is 66.7 Å². The van der Waals surface area contributed by atoms with Gasteiger partial charge in [0, 0.05) is 16.2 Å². The molecule has 0 saturated carbocycles. The zero-order chi connectivity index (χ0) is 23.8. The molecule has 1 aromatic heterocycles. The van der Waals surface area contributed by atoms with Crippen molar-refractivity contribution >= 4 is 33.5 Å². The lowest BCUT2D eigenvalue weighted by Crippen LogP contribution is -2.05. The van der Waals surface area contributed by atoms with Gasteiger partial charge < -0.3 is 14.9 Å². The Labute approximate surface area is 190 Å². The minimum absolute atomic E-state index is 0.0700. The molecular weight excluding hydrogens is 453 g/mol. The lowest BCUT2D eigenvalue weighted by molar-refractivity contribution is -0.137. The molecule has 8 heteroatoms. The van der Waals surface area contributed by atoms with Gasteiger partial charge in [0.15, 0.2) is 5.75 Å². The Morgan fingerprint density at radius 1 is 1.03 bits per heavy atom. The maximum atomic E-state index is 13.1. The molecule has 0 aliphatic carbocycles. The Balaban J connectivity index is 1.78. The van der Waals surface area contributed by atoms with Crippen molar-refractivity contribution in [1.29, 1.82) is 0 Å². The standard InChI is InChI=1S/C25H17F3O4S/c1-14-12-16(25(26,27)28)5-9-19(14)24-23(20-10-6-17(29)13-21(20)33-24)32-18-7-2-15(3-8-18)4-11-22(30)31/h2-13,29H,1H3,(H,30,31). The minimum atomic E-state index is -4.44. The molecule has 0 unspecified atom stereocenters. The van der Waals surface area contributed by atoms with E-state index in [1.807, 2.05) is 0 Å². The summed E-state index contributed by atoms with van der Waals surface area (Å²) in [5.74, 6) is -0.0480. The van der Waals surface area contributed by atoms with E-state index in [1.165, 1.54) is 29.5 Å². The number of phenols is 1. The van der Waals surface area contributed by atoms with Gasteiger partial charge in [0.05, 0.1) is 10.4 Å². The first-order valence-corrected chi connectivity index (χ1v) is 10.6. The number of alkyl halides is 3. The van der Waals surface area contributed by atoms with Crippen LogP contribution in [-0.4, -0.2) is 16.2 Å². The monoisotopic (exact) mass is 470 g/mol. The van der Waals surface area contributed by atoms with Crippen LogP contribution in [0.1, 0.15) is 16.7 Å². The van der Waals surface area contributed by atoms with Crippen molar-refractivity contribution in [2.75, 3.05) is 0 Å². The number of phenolic OH excluding ortho intramolecular Hbond substituents is 1. The number of aromatic hydroxyl groups is 1. The molecule has 4 rings (SSSR count). The van der Waals surface area contributed by atoms with Crippen LogP contribution in [0.25, 0.3) is 26.6 Å². The number of thiophene rings is 1. The largest absolute Gasteiger partial charge is 0.508 e. The van der Waals surface area contributed by atoms with Crippen LogP contribution in [0.5, 0.6) is 17.2 Å². The molecule has 168 valence electrons. The summed E-state index contributed by atoms with van der Waals surface area (Å²) in [6.45, 7) is 1.61. The normalized spacial score (nSPS) is 11.9. The summed E-state index contributed by atoms with van der Waals surface area (Å²) >= 11 is 1.31. The summed E-state index contributed by atoms with van der Waals surface area (Å²) in [6.07, 6.45) is -1.96. The zero-order valence-corrected chi connectivity index (χ0v) is 18.0. The molecule has 0 atom stereocenters. The topological polar surface area (TPSA) is 66.8 Å². The summed E-state index contributed by atoms with van der Waals surface area (Å²) in [6, 6.07) is 15.1. The smallest absolute Gasteiger partial charge is 0.416 e. The number of carboxylic acid groups (broad SMARTS) is 1. The summed E-state index contributed by atoms with van der Waals surface area (Å²) in [7, 11) is 0. The SMILES string of the molecule is Cc1cc(C(F)(F)F)ccc1-c1sc2cc(O)ccc2c1Oc1ccc(C=CC(=O)O)cc1. The van der Waals surface area contributed by atoms with E-state index in [0.29, 0.717) is 38.5 Å². The number of aliphatic carboxylic acids is 1. The van der Waals surface area contributed by atoms with Gasteiger partial charge in [-0.05, 0) is 72.2 Å². The van der Waals surface area contributed by atoms with Gasteiger partial charge in [-0.25, -0.2) is 4.79 Å². The van der Waals surface area contributed by atoms with Crippen LogP contribution >= 0.6 is 11.3 Å². The Kier molecular flexibility index (Phi) is 5.86. The fourth-order valence-corrected chi connectivity index (χ4v) is 4.62. The van der Waals surface area contributed by atoms with Crippen molar-refractivity contribution in [2.24, 2.45) is 0 Å². The Bertz CT molecular complexity index is 1370. The van der Waals surface area contributed by atoms with Crippen LogP contribution in [0.2, 0.25) is 0 Å². The Morgan fingerprint density at radius 3 is 2.39 bits per heavy atom. The van der Waals surface area contributed by atoms with E-state index in [1.54, 1.807) is 43.3 Å². The van der Waals surface area contributed by atoms with Gasteiger partial charge in [-0.2, -0.15) is 13.2 Å². The number of carboxylic acids is 1. The molecule has 0 fully saturated rings. The van der Waals surface area contributed by atoms with E-state index < -0.39 is 17.7 Å². The summed E-state index contributed by atoms with van der Waals surface area (Å²) in [5.41, 5.74) is 0.984. The van der Waals surface area contributed by atoms with E-state index in [0.717, 1.165) is 22.9 Å². The van der Waals surface area contributed by atoms with Crippen molar-refractivity contribution in [3.63, 3.8) is 0 Å². The number of ether oxygens (including phenoxy) is 1. The lowest BCUT2D eigenvalue weighted by atomic mass is 10.0. The highest BCUT2D eigenvalue weighted by molar-refractivity contribution is 7.22. The molecule has 0 aliphatic rings. The third-order valence-electron chi connectivity index (χ3n) is 4.94. The number of fused-ring (bicyclic) bond motifs is 1. The molecule has 0 bridgehead atoms. The fraction of sp³-hybridized carbons (Fsp3) is 0.0800. The van der Waals surface area contributed by atoms with E-state index >= 15 is 0 Å². The third kappa shape index (κ3) is 4.85. The van der Waals surface area contributed by atoms with E-state index in [9.17, 15) is 23.1 Å². The summed E-state index contributed by atoms with van der Waals surface area (Å²) in [5, 5.41) is 19.3. The van der Waals surface area contributed by atoms with Gasteiger partial charge >= 0.3 is 12.1 Å². The number of aryl methyl sites for hydroxylation is 1. The highest BCUT2D eigenvalue weighted by atomic mass is 32.1. The van der Waals surface area contributed by atoms with Crippen molar-refractivity contribution in [2.45, 2.75) is 13.1 Å². The first-order valence-electron chi connectivity index (χ1n) is 9.74. The molecule has 33 heavy (non-hydrogen) atoms. The van der Waals surface area contributed by atoms with E-state index in [4.69, 9.17) is 9.84 Å². The second-order valence-corrected chi connectivity index (χ2v) is 8.36. The number of carbonyl (C=O) groups is 1. The second kappa shape index (κ2) is 8.63. The second-order valence-electron chi connectivity index (χ2n) is 7.31. The van der Waals surface area contributed by atoms with Crippen LogP contribution < -0.4 is 4.74 Å². The van der Waals surface area contributed by atoms with Gasteiger partial charge in [0.2, 0.25) is 0 Å². The molecule has 2 N–H and O–H groups in total. The highest BCUT2D eigenvalue weighted by Gasteiger charge is 2.31. The third-order valence-corrected chi connectivity index (χ3v) is 6.11. The summed E-state index contributed by atoms with van der Waals surface area (Å²) < 4.78 is 46.3.